The Morgan fingerprint density at radius 2 is 1.92 bits per heavy atom. The van der Waals surface area contributed by atoms with Crippen molar-refractivity contribution in [3.63, 3.8) is 0 Å². The lowest BCUT2D eigenvalue weighted by Gasteiger charge is -2.35. The Morgan fingerprint density at radius 1 is 1.11 bits per heavy atom. The van der Waals surface area contributed by atoms with E-state index < -0.39 is 29.6 Å². The monoisotopic (exact) mass is 513 g/mol. The van der Waals surface area contributed by atoms with Crippen molar-refractivity contribution < 1.29 is 24.2 Å². The number of hydrogen-bond donors (Lipinski definition) is 1. The lowest BCUT2D eigenvalue weighted by Crippen LogP contribution is -2.55. The Labute approximate surface area is 216 Å². The second-order valence-electron chi connectivity index (χ2n) is 9.92. The van der Waals surface area contributed by atoms with Crippen LogP contribution in [0.4, 0.5) is 5.69 Å². The summed E-state index contributed by atoms with van der Waals surface area (Å²) in [5.41, 5.74) is 0.160. The number of amides is 3. The van der Waals surface area contributed by atoms with E-state index in [0.29, 0.717) is 30.2 Å². The average Bonchev–Trinajstić information content (AvgIpc) is 3.16. The Morgan fingerprint density at radius 3 is 2.64 bits per heavy atom. The van der Waals surface area contributed by atoms with E-state index in [-0.39, 0.29) is 37.4 Å². The number of benzene rings is 1. The first kappa shape index (κ1) is 25.0. The van der Waals surface area contributed by atoms with Crippen LogP contribution in [-0.2, 0) is 19.1 Å². The van der Waals surface area contributed by atoms with Crippen LogP contribution in [0.25, 0.3) is 0 Å². The number of anilines is 1. The van der Waals surface area contributed by atoms with Crippen LogP contribution in [-0.4, -0.2) is 83.2 Å². The topological polar surface area (TPSA) is 90.4 Å². The van der Waals surface area contributed by atoms with Crippen molar-refractivity contribution in [3.8, 4) is 0 Å². The Kier molecular flexibility index (Phi) is 6.70. The zero-order chi connectivity index (χ0) is 25.6. The van der Waals surface area contributed by atoms with Crippen molar-refractivity contribution in [2.24, 2.45) is 11.8 Å². The molecule has 3 amide bonds. The molecule has 5 rings (SSSR count). The van der Waals surface area contributed by atoms with Crippen LogP contribution in [0, 0.1) is 18.8 Å². The number of aryl methyl sites for hydroxylation is 1. The number of carbonyl (C=O) groups excluding carboxylic acids is 3. The maximum atomic E-state index is 14.3. The molecule has 1 spiro atoms. The van der Waals surface area contributed by atoms with Crippen molar-refractivity contribution >= 4 is 35.0 Å². The summed E-state index contributed by atoms with van der Waals surface area (Å²) in [6, 6.07) is 4.49. The number of aliphatic hydroxyl groups is 1. The summed E-state index contributed by atoms with van der Waals surface area (Å²) in [5.74, 6) is -2.24. The smallest absolute Gasteiger partial charge is 0.253 e. The van der Waals surface area contributed by atoms with Crippen LogP contribution in [0.5, 0.6) is 0 Å². The third-order valence-corrected chi connectivity index (χ3v) is 8.06. The second-order valence-corrected chi connectivity index (χ2v) is 10.3. The molecule has 0 aromatic heterocycles. The van der Waals surface area contributed by atoms with Gasteiger partial charge in [-0.3, -0.25) is 14.4 Å². The molecule has 0 saturated carbocycles. The minimum absolute atomic E-state index is 0.117. The molecule has 0 radical (unpaired) electrons. The highest BCUT2D eigenvalue weighted by molar-refractivity contribution is 6.34. The van der Waals surface area contributed by atoms with Gasteiger partial charge in [0.05, 0.1) is 28.6 Å². The Bertz CT molecular complexity index is 1120. The number of ether oxygens (including phenoxy) is 1. The van der Waals surface area contributed by atoms with E-state index in [0.717, 1.165) is 12.0 Å². The molecule has 5 atom stereocenters. The van der Waals surface area contributed by atoms with E-state index in [1.807, 2.05) is 50.3 Å². The first-order valence-electron chi connectivity index (χ1n) is 12.6. The summed E-state index contributed by atoms with van der Waals surface area (Å²) < 4.78 is 6.61. The second kappa shape index (κ2) is 9.65. The highest BCUT2D eigenvalue weighted by atomic mass is 35.5. The molecule has 192 valence electrons. The fourth-order valence-corrected chi connectivity index (χ4v) is 6.63. The van der Waals surface area contributed by atoms with Crippen molar-refractivity contribution in [2.45, 2.75) is 44.4 Å². The molecule has 2 fully saturated rings. The van der Waals surface area contributed by atoms with Gasteiger partial charge in [-0.1, -0.05) is 55.0 Å². The quantitative estimate of drug-likeness (QED) is 0.590. The molecular weight excluding hydrogens is 482 g/mol. The molecule has 1 aromatic carbocycles. The molecule has 8 nitrogen and oxygen atoms in total. The maximum absolute atomic E-state index is 14.3. The fraction of sp³-hybridized carbons (Fsp3) is 0.519. The minimum atomic E-state index is -1.28. The molecule has 1 aromatic rings. The number of nitrogens with zero attached hydrogens (tertiary/aromatic N) is 3. The fourth-order valence-electron chi connectivity index (χ4n) is 6.31. The predicted molar refractivity (Wildman–Crippen MR) is 135 cm³/mol. The number of rotatable bonds is 6. The highest BCUT2D eigenvalue weighted by Crippen LogP contribution is 2.53. The summed E-state index contributed by atoms with van der Waals surface area (Å²) >= 11 is 6.54. The van der Waals surface area contributed by atoms with Crippen LogP contribution >= 0.6 is 11.6 Å². The first-order chi connectivity index (χ1) is 17.4. The SMILES string of the molecule is CCCN1CC=C[C@@H]2O[C@]34C=CCN(c5c(C)cccc5Cl)C(=O)C3N(CCCO)C(=O)[C@@H]4[C@@H]2C1=O. The number of aliphatic hydroxyl groups excluding tert-OH is 1. The summed E-state index contributed by atoms with van der Waals surface area (Å²) in [6.07, 6.45) is 7.98. The van der Waals surface area contributed by atoms with Crippen molar-refractivity contribution in [3.05, 3.63) is 53.1 Å². The van der Waals surface area contributed by atoms with Crippen LogP contribution in [0.2, 0.25) is 5.02 Å². The van der Waals surface area contributed by atoms with E-state index in [2.05, 4.69) is 0 Å². The molecule has 4 aliphatic heterocycles. The van der Waals surface area contributed by atoms with Gasteiger partial charge in [-0.05, 0) is 31.4 Å². The van der Waals surface area contributed by atoms with Crippen LogP contribution < -0.4 is 4.90 Å². The average molecular weight is 514 g/mol. The van der Waals surface area contributed by atoms with Crippen molar-refractivity contribution in [2.75, 3.05) is 37.7 Å². The molecule has 0 aliphatic carbocycles. The minimum Gasteiger partial charge on any atom is -0.396 e. The molecule has 1 N–H and O–H groups in total. The van der Waals surface area contributed by atoms with Crippen LogP contribution in [0.15, 0.2) is 42.5 Å². The van der Waals surface area contributed by atoms with E-state index in [4.69, 9.17) is 16.3 Å². The first-order valence-corrected chi connectivity index (χ1v) is 13.0. The van der Waals surface area contributed by atoms with E-state index >= 15 is 0 Å². The third-order valence-electron chi connectivity index (χ3n) is 7.75. The maximum Gasteiger partial charge on any atom is 0.253 e. The van der Waals surface area contributed by atoms with Gasteiger partial charge in [-0.2, -0.15) is 0 Å². The largest absolute Gasteiger partial charge is 0.396 e. The Hall–Kier alpha value is -2.68. The number of hydrogen-bond acceptors (Lipinski definition) is 5. The standard InChI is InChI=1S/C27H32ClN3O5/c1-3-12-29-13-5-10-19-20(24(29)33)21-25(34)31(15-7-16-32)23-26(35)30(14-6-11-27(21,23)36-19)22-17(2)8-4-9-18(22)28/h4-6,8-11,19-21,23,32H,3,7,12-16H2,1-2H3/t19-,20+,21-,23?,27-/m0/s1. The van der Waals surface area contributed by atoms with Gasteiger partial charge in [0, 0.05) is 32.8 Å². The van der Waals surface area contributed by atoms with E-state index in [9.17, 15) is 19.5 Å². The van der Waals surface area contributed by atoms with Crippen molar-refractivity contribution in [1.82, 2.24) is 9.80 Å². The number of fused-ring (bicyclic) bond motifs is 2. The predicted octanol–water partition coefficient (Wildman–Crippen LogP) is 2.32. The van der Waals surface area contributed by atoms with Gasteiger partial charge in [0.2, 0.25) is 11.8 Å². The molecule has 2 saturated heterocycles. The lowest BCUT2D eigenvalue weighted by atomic mass is 9.77. The van der Waals surface area contributed by atoms with Crippen LogP contribution in [0.1, 0.15) is 25.3 Å². The van der Waals surface area contributed by atoms with Gasteiger partial charge in [-0.25, -0.2) is 0 Å². The zero-order valence-corrected chi connectivity index (χ0v) is 21.4. The van der Waals surface area contributed by atoms with Gasteiger partial charge in [0.15, 0.2) is 0 Å². The summed E-state index contributed by atoms with van der Waals surface area (Å²) in [4.78, 5) is 46.9. The Balaban J connectivity index is 1.62. The number of para-hydroxylation sites is 1. The summed E-state index contributed by atoms with van der Waals surface area (Å²) in [7, 11) is 0. The van der Waals surface area contributed by atoms with Gasteiger partial charge in [0.25, 0.3) is 5.91 Å². The van der Waals surface area contributed by atoms with Crippen molar-refractivity contribution in [1.29, 1.82) is 0 Å². The molecular formula is C27H32ClN3O5. The zero-order valence-electron chi connectivity index (χ0n) is 20.6. The van der Waals surface area contributed by atoms with Gasteiger partial charge in [0.1, 0.15) is 11.6 Å². The molecule has 9 heteroatoms. The summed E-state index contributed by atoms with van der Waals surface area (Å²) in [6.45, 7) is 5.30. The van der Waals surface area contributed by atoms with Gasteiger partial charge in [-0.15, -0.1) is 0 Å². The van der Waals surface area contributed by atoms with E-state index in [1.54, 1.807) is 15.9 Å². The summed E-state index contributed by atoms with van der Waals surface area (Å²) in [5, 5.41) is 9.97. The number of likely N-dealkylation sites (tertiary alicyclic amines) is 1. The molecule has 36 heavy (non-hydrogen) atoms. The highest BCUT2D eigenvalue weighted by Gasteiger charge is 2.71. The van der Waals surface area contributed by atoms with Gasteiger partial charge < -0.3 is 24.5 Å². The number of carbonyl (C=O) groups is 3. The third kappa shape index (κ3) is 3.69. The molecule has 1 unspecified atom stereocenters. The normalized spacial score (nSPS) is 31.4. The van der Waals surface area contributed by atoms with Crippen LogP contribution in [0.3, 0.4) is 0 Å². The van der Waals surface area contributed by atoms with Gasteiger partial charge >= 0.3 is 0 Å². The molecule has 4 aliphatic rings. The lowest BCUT2D eigenvalue weighted by molar-refractivity contribution is -0.144. The number of halogens is 1. The molecule has 4 heterocycles. The molecule has 0 bridgehead atoms. The van der Waals surface area contributed by atoms with E-state index in [1.165, 1.54) is 4.90 Å².